The maximum Gasteiger partial charge on any atom is 0.222 e. The standard InChI is InChI=1S/C15H24N2O/c1-11(2)14(12-8-6-5-7-9-12)17-13(18)10-15(3,4)16/h5-9,11,14H,10,16H2,1-4H3,(H,17,18). The summed E-state index contributed by atoms with van der Waals surface area (Å²) in [6.07, 6.45) is 0.336. The van der Waals surface area contributed by atoms with Crippen molar-refractivity contribution < 1.29 is 4.79 Å². The number of nitrogens with one attached hydrogen (secondary N) is 1. The van der Waals surface area contributed by atoms with Gasteiger partial charge in [-0.25, -0.2) is 0 Å². The zero-order chi connectivity index (χ0) is 13.8. The summed E-state index contributed by atoms with van der Waals surface area (Å²) in [6.45, 7) is 7.93. The predicted octanol–water partition coefficient (Wildman–Crippen LogP) is 2.63. The molecule has 0 aromatic heterocycles. The average molecular weight is 248 g/mol. The molecule has 0 spiro atoms. The van der Waals surface area contributed by atoms with Crippen molar-refractivity contribution in [2.45, 2.75) is 45.7 Å². The minimum Gasteiger partial charge on any atom is -0.349 e. The van der Waals surface area contributed by atoms with Crippen LogP contribution in [-0.2, 0) is 4.79 Å². The van der Waals surface area contributed by atoms with Crippen LogP contribution in [0.5, 0.6) is 0 Å². The summed E-state index contributed by atoms with van der Waals surface area (Å²) < 4.78 is 0. The Morgan fingerprint density at radius 1 is 1.28 bits per heavy atom. The summed E-state index contributed by atoms with van der Waals surface area (Å²) in [5.74, 6) is 0.349. The summed E-state index contributed by atoms with van der Waals surface area (Å²) in [4.78, 5) is 12.0. The summed E-state index contributed by atoms with van der Waals surface area (Å²) >= 11 is 0. The molecule has 1 atom stereocenters. The molecule has 1 aromatic rings. The molecule has 1 unspecified atom stereocenters. The van der Waals surface area contributed by atoms with E-state index in [1.54, 1.807) is 0 Å². The Balaban J connectivity index is 2.74. The summed E-state index contributed by atoms with van der Waals surface area (Å²) in [5, 5.41) is 3.07. The van der Waals surface area contributed by atoms with Gasteiger partial charge in [0, 0.05) is 12.0 Å². The molecule has 0 saturated heterocycles. The van der Waals surface area contributed by atoms with Crippen molar-refractivity contribution in [1.29, 1.82) is 0 Å². The summed E-state index contributed by atoms with van der Waals surface area (Å²) in [7, 11) is 0. The third-order valence-electron chi connectivity index (χ3n) is 2.76. The van der Waals surface area contributed by atoms with Gasteiger partial charge in [0.05, 0.1) is 6.04 Å². The van der Waals surface area contributed by atoms with E-state index >= 15 is 0 Å². The lowest BCUT2D eigenvalue weighted by Gasteiger charge is -2.25. The molecule has 3 heteroatoms. The Morgan fingerprint density at radius 3 is 2.28 bits per heavy atom. The number of carbonyl (C=O) groups is 1. The molecule has 18 heavy (non-hydrogen) atoms. The average Bonchev–Trinajstić information content (AvgIpc) is 2.24. The zero-order valence-electron chi connectivity index (χ0n) is 11.7. The molecular weight excluding hydrogens is 224 g/mol. The van der Waals surface area contributed by atoms with Crippen molar-refractivity contribution in [2.75, 3.05) is 0 Å². The monoisotopic (exact) mass is 248 g/mol. The van der Waals surface area contributed by atoms with Crippen molar-refractivity contribution in [3.8, 4) is 0 Å². The SMILES string of the molecule is CC(C)C(NC(=O)CC(C)(C)N)c1ccccc1. The van der Waals surface area contributed by atoms with Crippen LogP contribution in [-0.4, -0.2) is 11.4 Å². The Labute approximate surface area is 110 Å². The number of benzene rings is 1. The van der Waals surface area contributed by atoms with Gasteiger partial charge in [-0.3, -0.25) is 4.79 Å². The number of rotatable bonds is 5. The third kappa shape index (κ3) is 4.88. The van der Waals surface area contributed by atoms with E-state index < -0.39 is 5.54 Å². The first-order valence-corrected chi connectivity index (χ1v) is 6.43. The number of hydrogen-bond donors (Lipinski definition) is 2. The van der Waals surface area contributed by atoms with Crippen molar-refractivity contribution in [1.82, 2.24) is 5.32 Å². The van der Waals surface area contributed by atoms with Crippen LogP contribution in [0.15, 0.2) is 30.3 Å². The molecule has 0 fully saturated rings. The fourth-order valence-electron chi connectivity index (χ4n) is 1.93. The van der Waals surface area contributed by atoms with Crippen LogP contribution < -0.4 is 11.1 Å². The first-order valence-electron chi connectivity index (χ1n) is 6.43. The minimum atomic E-state index is -0.470. The van der Waals surface area contributed by atoms with Crippen LogP contribution in [0.2, 0.25) is 0 Å². The van der Waals surface area contributed by atoms with Crippen molar-refractivity contribution in [3.63, 3.8) is 0 Å². The van der Waals surface area contributed by atoms with E-state index in [2.05, 4.69) is 19.2 Å². The van der Waals surface area contributed by atoms with Crippen LogP contribution in [0.4, 0.5) is 0 Å². The Hall–Kier alpha value is -1.35. The van der Waals surface area contributed by atoms with Gasteiger partial charge < -0.3 is 11.1 Å². The molecule has 1 aromatic carbocycles. The molecule has 3 nitrogen and oxygen atoms in total. The number of carbonyl (C=O) groups excluding carboxylic acids is 1. The van der Waals surface area contributed by atoms with Gasteiger partial charge >= 0.3 is 0 Å². The van der Waals surface area contributed by atoms with E-state index in [1.165, 1.54) is 0 Å². The van der Waals surface area contributed by atoms with E-state index in [0.717, 1.165) is 5.56 Å². The summed E-state index contributed by atoms with van der Waals surface area (Å²) in [5.41, 5.74) is 6.53. The molecule has 0 saturated carbocycles. The predicted molar refractivity (Wildman–Crippen MR) is 75.0 cm³/mol. The Bertz CT molecular complexity index is 379. The highest BCUT2D eigenvalue weighted by Gasteiger charge is 2.21. The van der Waals surface area contributed by atoms with Crippen molar-refractivity contribution in [3.05, 3.63) is 35.9 Å². The van der Waals surface area contributed by atoms with E-state index in [0.29, 0.717) is 12.3 Å². The second kappa shape index (κ2) is 6.01. The minimum absolute atomic E-state index is 0.00468. The van der Waals surface area contributed by atoms with Gasteiger partial charge in [-0.1, -0.05) is 44.2 Å². The molecule has 0 aliphatic rings. The topological polar surface area (TPSA) is 55.1 Å². The highest BCUT2D eigenvalue weighted by molar-refractivity contribution is 5.77. The van der Waals surface area contributed by atoms with Crippen LogP contribution >= 0.6 is 0 Å². The highest BCUT2D eigenvalue weighted by Crippen LogP contribution is 2.21. The number of amides is 1. The molecule has 0 heterocycles. The van der Waals surface area contributed by atoms with Crippen LogP contribution in [0.25, 0.3) is 0 Å². The molecule has 0 radical (unpaired) electrons. The van der Waals surface area contributed by atoms with E-state index in [1.807, 2.05) is 44.2 Å². The van der Waals surface area contributed by atoms with E-state index in [-0.39, 0.29) is 11.9 Å². The number of hydrogen-bond acceptors (Lipinski definition) is 2. The van der Waals surface area contributed by atoms with Gasteiger partial charge in [0.25, 0.3) is 0 Å². The molecule has 1 amide bonds. The van der Waals surface area contributed by atoms with Crippen LogP contribution in [0.1, 0.15) is 45.7 Å². The first kappa shape index (κ1) is 14.7. The Morgan fingerprint density at radius 2 is 1.83 bits per heavy atom. The lowest BCUT2D eigenvalue weighted by atomic mass is 9.95. The molecule has 0 aliphatic heterocycles. The molecular formula is C15H24N2O. The highest BCUT2D eigenvalue weighted by atomic mass is 16.1. The largest absolute Gasteiger partial charge is 0.349 e. The number of nitrogens with two attached hydrogens (primary N) is 1. The van der Waals surface area contributed by atoms with Crippen LogP contribution in [0, 0.1) is 5.92 Å². The van der Waals surface area contributed by atoms with Gasteiger partial charge in [0.1, 0.15) is 0 Å². The molecule has 1 rings (SSSR count). The lowest BCUT2D eigenvalue weighted by Crippen LogP contribution is -2.41. The van der Waals surface area contributed by atoms with E-state index in [4.69, 9.17) is 5.73 Å². The van der Waals surface area contributed by atoms with Gasteiger partial charge in [-0.05, 0) is 25.3 Å². The second-order valence-corrected chi connectivity index (χ2v) is 5.87. The fourth-order valence-corrected chi connectivity index (χ4v) is 1.93. The lowest BCUT2D eigenvalue weighted by molar-refractivity contribution is -0.123. The van der Waals surface area contributed by atoms with Crippen LogP contribution in [0.3, 0.4) is 0 Å². The Kier molecular flexibility index (Phi) is 4.91. The molecule has 0 aliphatic carbocycles. The molecule has 100 valence electrons. The van der Waals surface area contributed by atoms with E-state index in [9.17, 15) is 4.79 Å². The normalized spacial score (nSPS) is 13.4. The van der Waals surface area contributed by atoms with Gasteiger partial charge in [-0.15, -0.1) is 0 Å². The zero-order valence-corrected chi connectivity index (χ0v) is 11.7. The quantitative estimate of drug-likeness (QED) is 0.841. The third-order valence-corrected chi connectivity index (χ3v) is 2.76. The first-order chi connectivity index (χ1) is 8.29. The van der Waals surface area contributed by atoms with Gasteiger partial charge in [-0.2, -0.15) is 0 Å². The van der Waals surface area contributed by atoms with Crippen molar-refractivity contribution in [2.24, 2.45) is 11.7 Å². The van der Waals surface area contributed by atoms with Gasteiger partial charge in [0.15, 0.2) is 0 Å². The fraction of sp³-hybridized carbons (Fsp3) is 0.533. The summed E-state index contributed by atoms with van der Waals surface area (Å²) in [6, 6.07) is 10.1. The maximum absolute atomic E-state index is 12.0. The van der Waals surface area contributed by atoms with Crippen molar-refractivity contribution >= 4 is 5.91 Å². The molecule has 3 N–H and O–H groups in total. The maximum atomic E-state index is 12.0. The molecule has 0 bridgehead atoms. The smallest absolute Gasteiger partial charge is 0.222 e. The second-order valence-electron chi connectivity index (χ2n) is 5.87. The van der Waals surface area contributed by atoms with Gasteiger partial charge in [0.2, 0.25) is 5.91 Å².